The topological polar surface area (TPSA) is 75.4 Å². The maximum Gasteiger partial charge on any atom is 0.216 e. The van der Waals surface area contributed by atoms with Crippen LogP contribution < -0.4 is 10.5 Å². The molecule has 0 saturated carbocycles. The second kappa shape index (κ2) is 6.11. The van der Waals surface area contributed by atoms with E-state index in [4.69, 9.17) is 5.73 Å². The number of rotatable bonds is 4. The Morgan fingerprint density at radius 2 is 2.20 bits per heavy atom. The maximum absolute atomic E-state index is 12.2. The molecule has 0 radical (unpaired) electrons. The van der Waals surface area contributed by atoms with Gasteiger partial charge in [-0.3, -0.25) is 0 Å². The van der Waals surface area contributed by atoms with Crippen LogP contribution in [-0.4, -0.2) is 39.0 Å². The zero-order chi connectivity index (χ0) is 14.8. The molecule has 1 aromatic carbocycles. The predicted molar refractivity (Wildman–Crippen MR) is 81.7 cm³/mol. The second-order valence-electron chi connectivity index (χ2n) is 5.67. The van der Waals surface area contributed by atoms with E-state index in [9.17, 15) is 8.42 Å². The molecule has 0 aliphatic carbocycles. The van der Waals surface area contributed by atoms with E-state index in [-0.39, 0.29) is 11.8 Å². The number of benzene rings is 1. The first-order valence-electron chi connectivity index (χ1n) is 6.90. The van der Waals surface area contributed by atoms with Crippen LogP contribution in [0, 0.1) is 0 Å². The summed E-state index contributed by atoms with van der Waals surface area (Å²) in [6, 6.07) is 7.46. The first-order chi connectivity index (χ1) is 9.35. The monoisotopic (exact) mass is 297 g/mol. The van der Waals surface area contributed by atoms with Gasteiger partial charge in [0.15, 0.2) is 0 Å². The van der Waals surface area contributed by atoms with Crippen molar-refractivity contribution < 1.29 is 8.42 Å². The quantitative estimate of drug-likeness (QED) is 0.818. The van der Waals surface area contributed by atoms with Crippen LogP contribution in [-0.2, 0) is 15.8 Å². The largest absolute Gasteiger partial charge is 0.399 e. The van der Waals surface area contributed by atoms with E-state index in [1.807, 2.05) is 0 Å². The molecule has 0 aromatic heterocycles. The Morgan fingerprint density at radius 1 is 1.45 bits per heavy atom. The number of nitrogens with zero attached hydrogens (tertiary/aromatic N) is 1. The van der Waals surface area contributed by atoms with Crippen molar-refractivity contribution in [2.24, 2.45) is 0 Å². The molecule has 1 fully saturated rings. The van der Waals surface area contributed by atoms with Gasteiger partial charge in [-0.15, -0.1) is 0 Å². The highest BCUT2D eigenvalue weighted by Crippen LogP contribution is 2.17. The molecule has 1 saturated heterocycles. The molecule has 0 amide bonds. The summed E-state index contributed by atoms with van der Waals surface area (Å²) in [7, 11) is -1.24. The van der Waals surface area contributed by atoms with Gasteiger partial charge in [-0.25, -0.2) is 13.1 Å². The lowest BCUT2D eigenvalue weighted by atomic mass is 10.0. The van der Waals surface area contributed by atoms with E-state index in [0.717, 1.165) is 24.9 Å². The van der Waals surface area contributed by atoms with Gasteiger partial charge in [-0.05, 0) is 51.1 Å². The lowest BCUT2D eigenvalue weighted by Gasteiger charge is -2.35. The number of anilines is 1. The molecule has 112 valence electrons. The maximum atomic E-state index is 12.2. The average molecular weight is 297 g/mol. The van der Waals surface area contributed by atoms with Gasteiger partial charge < -0.3 is 10.6 Å². The van der Waals surface area contributed by atoms with Crippen LogP contribution in [0.4, 0.5) is 5.69 Å². The fraction of sp³-hybridized carbons (Fsp3) is 0.571. The van der Waals surface area contributed by atoms with Crippen LogP contribution in [0.2, 0.25) is 0 Å². The van der Waals surface area contributed by atoms with E-state index >= 15 is 0 Å². The Labute approximate surface area is 121 Å². The average Bonchev–Trinajstić information content (AvgIpc) is 2.33. The van der Waals surface area contributed by atoms with Gasteiger partial charge in [0.05, 0.1) is 5.75 Å². The Kier molecular flexibility index (Phi) is 4.67. The van der Waals surface area contributed by atoms with E-state index in [0.29, 0.717) is 11.7 Å². The SMILES string of the molecule is CC1CC(NS(=O)(=O)Cc2cccc(N)c2)CCN1C. The Balaban J connectivity index is 1.97. The first-order valence-corrected chi connectivity index (χ1v) is 8.55. The Hall–Kier alpha value is -1.11. The molecule has 2 rings (SSSR count). The summed E-state index contributed by atoms with van der Waals surface area (Å²) in [6.07, 6.45) is 1.71. The minimum atomic E-state index is -3.32. The summed E-state index contributed by atoms with van der Waals surface area (Å²) < 4.78 is 27.2. The molecule has 1 aliphatic heterocycles. The molecule has 20 heavy (non-hydrogen) atoms. The summed E-state index contributed by atoms with van der Waals surface area (Å²) in [6.45, 7) is 3.05. The Bertz CT molecular complexity index is 559. The van der Waals surface area contributed by atoms with E-state index in [1.54, 1.807) is 24.3 Å². The number of nitrogens with one attached hydrogen (secondary N) is 1. The highest BCUT2D eigenvalue weighted by atomic mass is 32.2. The highest BCUT2D eigenvalue weighted by molar-refractivity contribution is 7.88. The molecular formula is C14H23N3O2S. The minimum Gasteiger partial charge on any atom is -0.399 e. The van der Waals surface area contributed by atoms with Gasteiger partial charge in [-0.1, -0.05) is 12.1 Å². The van der Waals surface area contributed by atoms with E-state index < -0.39 is 10.0 Å². The van der Waals surface area contributed by atoms with Gasteiger partial charge in [-0.2, -0.15) is 0 Å². The van der Waals surface area contributed by atoms with Gasteiger partial charge >= 0.3 is 0 Å². The minimum absolute atomic E-state index is 0.0151. The van der Waals surface area contributed by atoms with Gasteiger partial charge in [0.2, 0.25) is 10.0 Å². The fourth-order valence-electron chi connectivity index (χ4n) is 2.59. The van der Waals surface area contributed by atoms with Crippen molar-refractivity contribution in [1.29, 1.82) is 0 Å². The molecule has 2 atom stereocenters. The molecule has 3 N–H and O–H groups in total. The normalized spacial score (nSPS) is 24.7. The highest BCUT2D eigenvalue weighted by Gasteiger charge is 2.26. The van der Waals surface area contributed by atoms with Crippen molar-refractivity contribution >= 4 is 15.7 Å². The lowest BCUT2D eigenvalue weighted by Crippen LogP contribution is -2.47. The van der Waals surface area contributed by atoms with Crippen LogP contribution in [0.5, 0.6) is 0 Å². The van der Waals surface area contributed by atoms with Crippen molar-refractivity contribution in [2.45, 2.75) is 37.6 Å². The lowest BCUT2D eigenvalue weighted by molar-refractivity contribution is 0.178. The summed E-state index contributed by atoms with van der Waals surface area (Å²) >= 11 is 0. The van der Waals surface area contributed by atoms with E-state index in [1.165, 1.54) is 0 Å². The van der Waals surface area contributed by atoms with Crippen molar-refractivity contribution in [1.82, 2.24) is 9.62 Å². The summed E-state index contributed by atoms with van der Waals surface area (Å²) in [4.78, 5) is 2.25. The van der Waals surface area contributed by atoms with Crippen LogP contribution in [0.1, 0.15) is 25.3 Å². The molecule has 5 nitrogen and oxygen atoms in total. The third-order valence-corrected chi connectivity index (χ3v) is 5.27. The first kappa shape index (κ1) is 15.3. The molecule has 1 aliphatic rings. The predicted octanol–water partition coefficient (Wildman–Crippen LogP) is 1.17. The van der Waals surface area contributed by atoms with Crippen molar-refractivity contribution in [2.75, 3.05) is 19.3 Å². The van der Waals surface area contributed by atoms with Crippen molar-refractivity contribution in [3.8, 4) is 0 Å². The zero-order valence-electron chi connectivity index (χ0n) is 12.0. The number of nitrogens with two attached hydrogens (primary N) is 1. The zero-order valence-corrected chi connectivity index (χ0v) is 12.9. The number of nitrogen functional groups attached to an aromatic ring is 1. The van der Waals surface area contributed by atoms with Crippen LogP contribution in [0.25, 0.3) is 0 Å². The van der Waals surface area contributed by atoms with Crippen LogP contribution in [0.15, 0.2) is 24.3 Å². The van der Waals surface area contributed by atoms with Crippen molar-refractivity contribution in [3.63, 3.8) is 0 Å². The second-order valence-corrected chi connectivity index (χ2v) is 7.43. The standard InChI is InChI=1S/C14H23N3O2S/c1-11-8-14(6-7-17(11)2)16-20(18,19)10-12-4-3-5-13(15)9-12/h3-5,9,11,14,16H,6-8,10,15H2,1-2H3. The molecular weight excluding hydrogens is 274 g/mol. The molecule has 0 spiro atoms. The van der Waals surface area contributed by atoms with Crippen molar-refractivity contribution in [3.05, 3.63) is 29.8 Å². The third-order valence-electron chi connectivity index (χ3n) is 3.86. The molecule has 1 aromatic rings. The van der Waals surface area contributed by atoms with Crippen LogP contribution in [0.3, 0.4) is 0 Å². The van der Waals surface area contributed by atoms with Gasteiger partial charge in [0, 0.05) is 17.8 Å². The number of hydrogen-bond acceptors (Lipinski definition) is 4. The number of likely N-dealkylation sites (tertiary alicyclic amines) is 1. The smallest absolute Gasteiger partial charge is 0.216 e. The molecule has 0 bridgehead atoms. The number of sulfonamides is 1. The summed E-state index contributed by atoms with van der Waals surface area (Å²) in [5.74, 6) is -0.0151. The molecule has 2 unspecified atom stereocenters. The third kappa shape index (κ3) is 4.19. The fourth-order valence-corrected chi connectivity index (χ4v) is 4.02. The molecule has 6 heteroatoms. The van der Waals surface area contributed by atoms with Crippen LogP contribution >= 0.6 is 0 Å². The summed E-state index contributed by atoms with van der Waals surface area (Å²) in [5.41, 5.74) is 6.98. The Morgan fingerprint density at radius 3 is 2.85 bits per heavy atom. The molecule has 1 heterocycles. The van der Waals surface area contributed by atoms with Gasteiger partial charge in [0.25, 0.3) is 0 Å². The number of hydrogen-bond donors (Lipinski definition) is 2. The van der Waals surface area contributed by atoms with E-state index in [2.05, 4.69) is 23.6 Å². The number of piperidine rings is 1. The van der Waals surface area contributed by atoms with Gasteiger partial charge in [0.1, 0.15) is 0 Å². The summed E-state index contributed by atoms with van der Waals surface area (Å²) in [5, 5.41) is 0.